The van der Waals surface area contributed by atoms with Gasteiger partial charge in [-0.3, -0.25) is 0 Å². The number of halogens is 2. The van der Waals surface area contributed by atoms with Gasteiger partial charge in [-0.2, -0.15) is 0 Å². The molecular weight excluding hydrogens is 287 g/mol. The minimum absolute atomic E-state index is 0. The third kappa shape index (κ3) is 8.83. The SMILES string of the molecule is CN1CCNCC1.Cc1ccc(C(=O)O)cc1.Cl.Cl. The molecule has 0 saturated carbocycles. The molecule has 0 radical (unpaired) electrons. The van der Waals surface area contributed by atoms with Gasteiger partial charge in [0, 0.05) is 26.2 Å². The van der Waals surface area contributed by atoms with Crippen molar-refractivity contribution in [3.05, 3.63) is 35.4 Å². The van der Waals surface area contributed by atoms with Gasteiger partial charge in [-0.1, -0.05) is 17.7 Å². The fourth-order valence-electron chi connectivity index (χ4n) is 1.47. The number of benzene rings is 1. The number of rotatable bonds is 1. The number of likely N-dealkylation sites (N-methyl/N-ethyl adjacent to an activating group) is 1. The van der Waals surface area contributed by atoms with Gasteiger partial charge in [0.25, 0.3) is 0 Å². The Morgan fingerprint density at radius 2 is 1.63 bits per heavy atom. The number of aromatic carboxylic acids is 1. The number of piperazine rings is 1. The summed E-state index contributed by atoms with van der Waals surface area (Å²) in [6, 6.07) is 6.75. The van der Waals surface area contributed by atoms with Crippen molar-refractivity contribution in [2.45, 2.75) is 6.92 Å². The summed E-state index contributed by atoms with van der Waals surface area (Å²) in [6.45, 7) is 6.67. The van der Waals surface area contributed by atoms with Crippen LogP contribution in [-0.2, 0) is 0 Å². The fourth-order valence-corrected chi connectivity index (χ4v) is 1.47. The van der Waals surface area contributed by atoms with Gasteiger partial charge in [0.15, 0.2) is 0 Å². The van der Waals surface area contributed by atoms with Crippen LogP contribution in [0.4, 0.5) is 0 Å². The summed E-state index contributed by atoms with van der Waals surface area (Å²) < 4.78 is 0. The Hall–Kier alpha value is -0.810. The van der Waals surface area contributed by atoms with Crippen molar-refractivity contribution >= 4 is 30.8 Å². The first-order valence-electron chi connectivity index (χ1n) is 5.79. The van der Waals surface area contributed by atoms with Crippen LogP contribution in [0.5, 0.6) is 0 Å². The van der Waals surface area contributed by atoms with Crippen LogP contribution in [0.2, 0.25) is 0 Å². The smallest absolute Gasteiger partial charge is 0.335 e. The molecule has 110 valence electrons. The standard InChI is InChI=1S/C8H8O2.C5H12N2.2ClH/c1-6-2-4-7(5-3-6)8(9)10;1-7-4-2-6-3-5-7;;/h2-5H,1H3,(H,9,10);6H,2-5H2,1H3;2*1H. The molecule has 0 bridgehead atoms. The summed E-state index contributed by atoms with van der Waals surface area (Å²) in [5, 5.41) is 11.7. The maximum absolute atomic E-state index is 10.3. The summed E-state index contributed by atoms with van der Waals surface area (Å²) in [4.78, 5) is 12.6. The monoisotopic (exact) mass is 308 g/mol. The number of hydrogen-bond donors (Lipinski definition) is 2. The topological polar surface area (TPSA) is 52.6 Å². The number of nitrogens with zero attached hydrogens (tertiary/aromatic N) is 1. The number of carboxylic acid groups (broad SMARTS) is 1. The molecule has 1 saturated heterocycles. The highest BCUT2D eigenvalue weighted by molar-refractivity contribution is 5.87. The van der Waals surface area contributed by atoms with E-state index in [0.717, 1.165) is 18.7 Å². The van der Waals surface area contributed by atoms with E-state index in [-0.39, 0.29) is 24.8 Å². The van der Waals surface area contributed by atoms with E-state index in [2.05, 4.69) is 17.3 Å². The van der Waals surface area contributed by atoms with Crippen molar-refractivity contribution in [1.82, 2.24) is 10.2 Å². The van der Waals surface area contributed by atoms with Crippen LogP contribution in [0.1, 0.15) is 15.9 Å². The highest BCUT2D eigenvalue weighted by atomic mass is 35.5. The second kappa shape index (κ2) is 11.1. The molecule has 1 aliphatic rings. The number of aryl methyl sites for hydroxylation is 1. The van der Waals surface area contributed by atoms with E-state index in [1.807, 2.05) is 6.92 Å². The van der Waals surface area contributed by atoms with Crippen LogP contribution in [0, 0.1) is 6.92 Å². The minimum atomic E-state index is -0.875. The lowest BCUT2D eigenvalue weighted by atomic mass is 10.2. The predicted octanol–water partition coefficient (Wildman–Crippen LogP) is 2.06. The van der Waals surface area contributed by atoms with Gasteiger partial charge in [0.2, 0.25) is 0 Å². The molecule has 6 heteroatoms. The molecule has 1 aromatic rings. The highest BCUT2D eigenvalue weighted by Crippen LogP contribution is 2.01. The normalized spacial score (nSPS) is 14.2. The molecular formula is C13H22Cl2N2O2. The van der Waals surface area contributed by atoms with Crippen LogP contribution in [-0.4, -0.2) is 49.2 Å². The van der Waals surface area contributed by atoms with Crippen molar-refractivity contribution in [2.75, 3.05) is 33.2 Å². The van der Waals surface area contributed by atoms with Gasteiger partial charge < -0.3 is 15.3 Å². The third-order valence-electron chi connectivity index (χ3n) is 2.64. The summed E-state index contributed by atoms with van der Waals surface area (Å²) >= 11 is 0. The Morgan fingerprint density at radius 1 is 1.16 bits per heavy atom. The summed E-state index contributed by atoms with van der Waals surface area (Å²) in [5.41, 5.74) is 1.41. The molecule has 1 fully saturated rings. The van der Waals surface area contributed by atoms with Gasteiger partial charge in [-0.15, -0.1) is 24.8 Å². The molecule has 4 nitrogen and oxygen atoms in total. The molecule has 0 aliphatic carbocycles. The van der Waals surface area contributed by atoms with Gasteiger partial charge in [0.1, 0.15) is 0 Å². The van der Waals surface area contributed by atoms with Gasteiger partial charge >= 0.3 is 5.97 Å². The number of carbonyl (C=O) groups is 1. The van der Waals surface area contributed by atoms with Crippen molar-refractivity contribution < 1.29 is 9.90 Å². The average molecular weight is 309 g/mol. The molecule has 0 amide bonds. The number of hydrogen-bond acceptors (Lipinski definition) is 3. The minimum Gasteiger partial charge on any atom is -0.478 e. The largest absolute Gasteiger partial charge is 0.478 e. The lowest BCUT2D eigenvalue weighted by Crippen LogP contribution is -2.40. The van der Waals surface area contributed by atoms with Crippen LogP contribution < -0.4 is 5.32 Å². The van der Waals surface area contributed by atoms with E-state index in [1.165, 1.54) is 13.1 Å². The Labute approximate surface area is 127 Å². The molecule has 0 atom stereocenters. The fraction of sp³-hybridized carbons (Fsp3) is 0.462. The molecule has 2 N–H and O–H groups in total. The van der Waals surface area contributed by atoms with Crippen LogP contribution in [0.3, 0.4) is 0 Å². The van der Waals surface area contributed by atoms with E-state index in [1.54, 1.807) is 24.3 Å². The van der Waals surface area contributed by atoms with Gasteiger partial charge in [-0.25, -0.2) is 4.79 Å². The number of nitrogens with one attached hydrogen (secondary N) is 1. The lowest BCUT2D eigenvalue weighted by molar-refractivity contribution is 0.0697. The zero-order chi connectivity index (χ0) is 12.7. The van der Waals surface area contributed by atoms with Crippen LogP contribution in [0.25, 0.3) is 0 Å². The summed E-state index contributed by atoms with van der Waals surface area (Å²) in [6.07, 6.45) is 0. The maximum Gasteiger partial charge on any atom is 0.335 e. The first-order valence-corrected chi connectivity index (χ1v) is 5.79. The molecule has 0 spiro atoms. The zero-order valence-electron chi connectivity index (χ0n) is 11.3. The first-order chi connectivity index (χ1) is 8.09. The Balaban J connectivity index is 0. The average Bonchev–Trinajstić information content (AvgIpc) is 2.31. The van der Waals surface area contributed by atoms with E-state index in [4.69, 9.17) is 5.11 Å². The summed E-state index contributed by atoms with van der Waals surface area (Å²) in [5.74, 6) is -0.875. The quantitative estimate of drug-likeness (QED) is 0.834. The van der Waals surface area contributed by atoms with E-state index in [9.17, 15) is 4.79 Å². The first kappa shape index (κ1) is 20.5. The van der Waals surface area contributed by atoms with Crippen molar-refractivity contribution in [3.63, 3.8) is 0 Å². The van der Waals surface area contributed by atoms with Crippen LogP contribution in [0.15, 0.2) is 24.3 Å². The molecule has 2 rings (SSSR count). The molecule has 0 aromatic heterocycles. The van der Waals surface area contributed by atoms with E-state index >= 15 is 0 Å². The van der Waals surface area contributed by atoms with Crippen molar-refractivity contribution in [1.29, 1.82) is 0 Å². The molecule has 1 aromatic carbocycles. The van der Waals surface area contributed by atoms with Crippen molar-refractivity contribution in [3.8, 4) is 0 Å². The Morgan fingerprint density at radius 3 is 1.95 bits per heavy atom. The molecule has 1 aliphatic heterocycles. The second-order valence-electron chi connectivity index (χ2n) is 4.22. The molecule has 1 heterocycles. The van der Waals surface area contributed by atoms with Crippen molar-refractivity contribution in [2.24, 2.45) is 0 Å². The van der Waals surface area contributed by atoms with Crippen LogP contribution >= 0.6 is 24.8 Å². The summed E-state index contributed by atoms with van der Waals surface area (Å²) in [7, 11) is 2.15. The highest BCUT2D eigenvalue weighted by Gasteiger charge is 2.01. The molecule has 0 unspecified atom stereocenters. The Bertz CT molecular complexity index is 352. The second-order valence-corrected chi connectivity index (χ2v) is 4.22. The molecule has 19 heavy (non-hydrogen) atoms. The lowest BCUT2D eigenvalue weighted by Gasteiger charge is -2.21. The number of carboxylic acids is 1. The Kier molecular flexibility index (Phi) is 11.9. The van der Waals surface area contributed by atoms with E-state index in [0.29, 0.717) is 5.56 Å². The third-order valence-corrected chi connectivity index (χ3v) is 2.64. The van der Waals surface area contributed by atoms with Gasteiger partial charge in [0.05, 0.1) is 5.56 Å². The maximum atomic E-state index is 10.3. The zero-order valence-corrected chi connectivity index (χ0v) is 12.9. The van der Waals surface area contributed by atoms with Gasteiger partial charge in [-0.05, 0) is 26.1 Å². The predicted molar refractivity (Wildman–Crippen MR) is 83.0 cm³/mol. The van der Waals surface area contributed by atoms with E-state index < -0.39 is 5.97 Å².